The van der Waals surface area contributed by atoms with E-state index < -0.39 is 17.5 Å². The van der Waals surface area contributed by atoms with Crippen LogP contribution >= 0.6 is 0 Å². The van der Waals surface area contributed by atoms with Crippen molar-refractivity contribution in [1.82, 2.24) is 9.88 Å². The van der Waals surface area contributed by atoms with Crippen LogP contribution in [-0.2, 0) is 15.7 Å². The molecule has 30 heavy (non-hydrogen) atoms. The van der Waals surface area contributed by atoms with Gasteiger partial charge in [-0.15, -0.1) is 0 Å². The van der Waals surface area contributed by atoms with Gasteiger partial charge in [0.2, 0.25) is 0 Å². The zero-order valence-corrected chi connectivity index (χ0v) is 16.2. The number of benzene rings is 1. The fraction of sp³-hybridized carbons (Fsp3) is 0.429. The van der Waals surface area contributed by atoms with Crippen molar-refractivity contribution in [1.29, 1.82) is 0 Å². The Bertz CT molecular complexity index is 886. The lowest BCUT2D eigenvalue weighted by molar-refractivity contribution is -0.281. The van der Waals surface area contributed by atoms with Gasteiger partial charge in [0.1, 0.15) is 5.82 Å². The number of aromatic nitrogens is 1. The van der Waals surface area contributed by atoms with Crippen molar-refractivity contribution in [2.75, 3.05) is 31.6 Å². The van der Waals surface area contributed by atoms with Gasteiger partial charge in [0.15, 0.2) is 5.79 Å². The quantitative estimate of drug-likeness (QED) is 0.804. The van der Waals surface area contributed by atoms with Crippen LogP contribution in [0, 0.1) is 0 Å². The SMILES string of the molecule is O=C(c1ccc(Nc2cccc(C(F)(F)F)c2)nc1)N1CCC2(CC1)OCCCO2. The van der Waals surface area contributed by atoms with E-state index in [4.69, 9.17) is 9.47 Å². The second kappa shape index (κ2) is 8.23. The maximum absolute atomic E-state index is 12.8. The van der Waals surface area contributed by atoms with Gasteiger partial charge in [-0.1, -0.05) is 6.07 Å². The number of carbonyl (C=O) groups excluding carboxylic acids is 1. The summed E-state index contributed by atoms with van der Waals surface area (Å²) in [6.07, 6.45) is -0.849. The van der Waals surface area contributed by atoms with Gasteiger partial charge < -0.3 is 19.7 Å². The van der Waals surface area contributed by atoms with Gasteiger partial charge in [-0.2, -0.15) is 13.2 Å². The molecular weight excluding hydrogens is 399 g/mol. The minimum atomic E-state index is -4.41. The van der Waals surface area contributed by atoms with Crippen molar-refractivity contribution in [2.24, 2.45) is 0 Å². The summed E-state index contributed by atoms with van der Waals surface area (Å²) in [5, 5.41) is 2.83. The number of halogens is 3. The van der Waals surface area contributed by atoms with Crippen molar-refractivity contribution in [3.8, 4) is 0 Å². The molecule has 9 heteroatoms. The van der Waals surface area contributed by atoms with Gasteiger partial charge in [0.25, 0.3) is 5.91 Å². The van der Waals surface area contributed by atoms with Crippen molar-refractivity contribution >= 4 is 17.4 Å². The topological polar surface area (TPSA) is 63.7 Å². The Morgan fingerprint density at radius 3 is 2.47 bits per heavy atom. The summed E-state index contributed by atoms with van der Waals surface area (Å²) < 4.78 is 50.1. The largest absolute Gasteiger partial charge is 0.416 e. The molecule has 1 spiro atoms. The first-order chi connectivity index (χ1) is 14.3. The number of alkyl halides is 3. The fourth-order valence-electron chi connectivity index (χ4n) is 3.65. The molecule has 1 amide bonds. The van der Waals surface area contributed by atoms with E-state index in [1.165, 1.54) is 18.3 Å². The van der Waals surface area contributed by atoms with Gasteiger partial charge >= 0.3 is 6.18 Å². The average Bonchev–Trinajstić information content (AvgIpc) is 2.75. The van der Waals surface area contributed by atoms with E-state index in [1.54, 1.807) is 17.0 Å². The summed E-state index contributed by atoms with van der Waals surface area (Å²) >= 11 is 0. The van der Waals surface area contributed by atoms with Gasteiger partial charge in [-0.3, -0.25) is 4.79 Å². The van der Waals surface area contributed by atoms with Gasteiger partial charge in [0, 0.05) is 37.8 Å². The normalized spacial score (nSPS) is 19.0. The molecule has 160 valence electrons. The molecule has 0 bridgehead atoms. The number of piperidine rings is 1. The highest BCUT2D eigenvalue weighted by Gasteiger charge is 2.39. The third-order valence-corrected chi connectivity index (χ3v) is 5.30. The Morgan fingerprint density at radius 2 is 1.83 bits per heavy atom. The van der Waals surface area contributed by atoms with E-state index >= 15 is 0 Å². The lowest BCUT2D eigenvalue weighted by Gasteiger charge is -2.43. The average molecular weight is 421 g/mol. The molecule has 4 rings (SSSR count). The monoisotopic (exact) mass is 421 g/mol. The first-order valence-corrected chi connectivity index (χ1v) is 9.82. The molecule has 3 heterocycles. The molecule has 0 unspecified atom stereocenters. The highest BCUT2D eigenvalue weighted by atomic mass is 19.4. The molecule has 2 aliphatic heterocycles. The first kappa shape index (κ1) is 20.6. The summed E-state index contributed by atoms with van der Waals surface area (Å²) in [4.78, 5) is 18.7. The van der Waals surface area contributed by atoms with Gasteiger partial charge in [-0.05, 0) is 36.8 Å². The van der Waals surface area contributed by atoms with E-state index in [9.17, 15) is 18.0 Å². The Labute approximate surface area is 172 Å². The first-order valence-electron chi connectivity index (χ1n) is 9.82. The summed E-state index contributed by atoms with van der Waals surface area (Å²) in [5.41, 5.74) is -0.0515. The Morgan fingerprint density at radius 1 is 1.10 bits per heavy atom. The third-order valence-electron chi connectivity index (χ3n) is 5.30. The zero-order valence-electron chi connectivity index (χ0n) is 16.2. The van der Waals surface area contributed by atoms with Crippen LogP contribution in [0.25, 0.3) is 0 Å². The molecule has 2 saturated heterocycles. The Hall–Kier alpha value is -2.65. The number of amides is 1. The molecule has 1 aromatic carbocycles. The van der Waals surface area contributed by atoms with Crippen molar-refractivity contribution in [3.63, 3.8) is 0 Å². The van der Waals surface area contributed by atoms with Crippen LogP contribution in [0.1, 0.15) is 35.2 Å². The highest BCUT2D eigenvalue weighted by Crippen LogP contribution is 2.32. The smallest absolute Gasteiger partial charge is 0.350 e. The van der Waals surface area contributed by atoms with Crippen LogP contribution in [-0.4, -0.2) is 47.9 Å². The van der Waals surface area contributed by atoms with Crippen LogP contribution in [0.3, 0.4) is 0 Å². The van der Waals surface area contributed by atoms with Crippen molar-refractivity contribution in [3.05, 3.63) is 53.7 Å². The van der Waals surface area contributed by atoms with E-state index in [0.29, 0.717) is 50.5 Å². The molecular formula is C21H22F3N3O3. The second-order valence-electron chi connectivity index (χ2n) is 7.39. The van der Waals surface area contributed by atoms with Crippen LogP contribution in [0.15, 0.2) is 42.6 Å². The number of carbonyl (C=O) groups is 1. The predicted octanol–water partition coefficient (Wildman–Crippen LogP) is 4.21. The van der Waals surface area contributed by atoms with E-state index in [0.717, 1.165) is 18.6 Å². The van der Waals surface area contributed by atoms with Crippen LogP contribution < -0.4 is 5.32 Å². The third kappa shape index (κ3) is 4.57. The minimum absolute atomic E-state index is 0.140. The standard InChI is InChI=1S/C21H22F3N3O3/c22-21(23,24)16-3-1-4-17(13-16)26-18-6-5-15(14-25-18)19(28)27-9-7-20(8-10-27)29-11-2-12-30-20/h1,3-6,13-14H,2,7-12H2,(H,25,26). The number of hydrogen-bond donors (Lipinski definition) is 1. The number of rotatable bonds is 3. The molecule has 2 fully saturated rings. The fourth-order valence-corrected chi connectivity index (χ4v) is 3.65. The number of hydrogen-bond acceptors (Lipinski definition) is 5. The van der Waals surface area contributed by atoms with Crippen LogP contribution in [0.4, 0.5) is 24.7 Å². The van der Waals surface area contributed by atoms with E-state index in [2.05, 4.69) is 10.3 Å². The molecule has 1 N–H and O–H groups in total. The molecule has 2 aliphatic rings. The Kier molecular flexibility index (Phi) is 5.66. The molecule has 1 aromatic heterocycles. The molecule has 2 aromatic rings. The minimum Gasteiger partial charge on any atom is -0.350 e. The number of nitrogens with zero attached hydrogens (tertiary/aromatic N) is 2. The van der Waals surface area contributed by atoms with E-state index in [1.807, 2.05) is 0 Å². The predicted molar refractivity (Wildman–Crippen MR) is 103 cm³/mol. The number of likely N-dealkylation sites (tertiary alicyclic amines) is 1. The molecule has 0 atom stereocenters. The zero-order chi connectivity index (χ0) is 21.2. The summed E-state index contributed by atoms with van der Waals surface area (Å²) in [5.74, 6) is -0.349. The summed E-state index contributed by atoms with van der Waals surface area (Å²) in [6, 6.07) is 8.06. The summed E-state index contributed by atoms with van der Waals surface area (Å²) in [7, 11) is 0. The van der Waals surface area contributed by atoms with Gasteiger partial charge in [-0.25, -0.2) is 4.98 Å². The van der Waals surface area contributed by atoms with Crippen LogP contribution in [0.5, 0.6) is 0 Å². The summed E-state index contributed by atoms with van der Waals surface area (Å²) in [6.45, 7) is 2.42. The Balaban J connectivity index is 1.37. The number of pyridine rings is 1. The molecule has 6 nitrogen and oxygen atoms in total. The lowest BCUT2D eigenvalue weighted by Crippen LogP contribution is -2.51. The van der Waals surface area contributed by atoms with Crippen LogP contribution in [0.2, 0.25) is 0 Å². The van der Waals surface area contributed by atoms with Gasteiger partial charge in [0.05, 0.1) is 24.3 Å². The second-order valence-corrected chi connectivity index (χ2v) is 7.39. The number of ether oxygens (including phenoxy) is 2. The maximum Gasteiger partial charge on any atom is 0.416 e. The highest BCUT2D eigenvalue weighted by molar-refractivity contribution is 5.94. The number of nitrogens with one attached hydrogen (secondary N) is 1. The van der Waals surface area contributed by atoms with E-state index in [-0.39, 0.29) is 11.6 Å². The lowest BCUT2D eigenvalue weighted by atomic mass is 10.0. The van der Waals surface area contributed by atoms with Crippen molar-refractivity contribution in [2.45, 2.75) is 31.2 Å². The van der Waals surface area contributed by atoms with Crippen molar-refractivity contribution < 1.29 is 27.4 Å². The maximum atomic E-state index is 12.8. The molecule has 0 radical (unpaired) electrons. The molecule has 0 aliphatic carbocycles. The molecule has 0 saturated carbocycles. The number of anilines is 2.